The second-order valence-electron chi connectivity index (χ2n) is 10.5. The number of anilines is 1. The van der Waals surface area contributed by atoms with Gasteiger partial charge in [-0.05, 0) is 73.1 Å². The van der Waals surface area contributed by atoms with Gasteiger partial charge in [-0.15, -0.1) is 22.7 Å². The van der Waals surface area contributed by atoms with E-state index in [-0.39, 0.29) is 11.9 Å². The Balaban J connectivity index is 1.52. The van der Waals surface area contributed by atoms with Gasteiger partial charge in [-0.3, -0.25) is 4.79 Å². The number of carbonyl (C=O) groups is 2. The summed E-state index contributed by atoms with van der Waals surface area (Å²) in [5.41, 5.74) is 7.28. The van der Waals surface area contributed by atoms with Crippen LogP contribution in [0.1, 0.15) is 64.8 Å². The Bertz CT molecular complexity index is 1370. The van der Waals surface area contributed by atoms with Crippen LogP contribution in [0.15, 0.2) is 40.7 Å². The van der Waals surface area contributed by atoms with Crippen molar-refractivity contribution in [1.29, 1.82) is 0 Å². The van der Waals surface area contributed by atoms with E-state index in [0.717, 1.165) is 41.4 Å². The molecule has 9 heteroatoms. The van der Waals surface area contributed by atoms with Crippen LogP contribution >= 0.6 is 22.7 Å². The highest BCUT2D eigenvalue weighted by atomic mass is 32.1. The first kappa shape index (κ1) is 27.6. The number of amides is 1. The summed E-state index contributed by atoms with van der Waals surface area (Å²) in [5, 5.41) is 4.59. The number of thiazole rings is 1. The summed E-state index contributed by atoms with van der Waals surface area (Å²) >= 11 is 2.82. The zero-order chi connectivity index (χ0) is 27.5. The van der Waals surface area contributed by atoms with Crippen molar-refractivity contribution in [2.45, 2.75) is 39.0 Å². The highest BCUT2D eigenvalue weighted by molar-refractivity contribution is 7.17. The minimum absolute atomic E-state index is 0.285. The van der Waals surface area contributed by atoms with E-state index in [0.29, 0.717) is 27.9 Å². The predicted octanol–water partition coefficient (Wildman–Crippen LogP) is 6.83. The lowest BCUT2D eigenvalue weighted by Gasteiger charge is -2.35. The Hall–Kier alpha value is -3.01. The first-order chi connectivity index (χ1) is 18.9. The third-order valence-corrected chi connectivity index (χ3v) is 9.66. The second-order valence-corrected chi connectivity index (χ2v) is 12.3. The van der Waals surface area contributed by atoms with Crippen LogP contribution in [-0.2, 0) is 4.74 Å². The van der Waals surface area contributed by atoms with Gasteiger partial charge in [-0.2, -0.15) is 0 Å². The molecule has 206 valence electrons. The fraction of sp³-hybridized carbons (Fsp3) is 0.433. The van der Waals surface area contributed by atoms with E-state index >= 15 is 0 Å². The van der Waals surface area contributed by atoms with E-state index in [9.17, 15) is 9.59 Å². The zero-order valence-electron chi connectivity index (χ0n) is 22.9. The van der Waals surface area contributed by atoms with Gasteiger partial charge in [0.1, 0.15) is 16.3 Å². The molecule has 1 aliphatic heterocycles. The van der Waals surface area contributed by atoms with Crippen molar-refractivity contribution in [1.82, 2.24) is 9.88 Å². The number of esters is 1. The number of rotatable bonds is 7. The van der Waals surface area contributed by atoms with E-state index in [1.807, 2.05) is 18.2 Å². The number of thiophene rings is 1. The number of ether oxygens (including phenoxy) is 2. The van der Waals surface area contributed by atoms with Crippen LogP contribution in [0.3, 0.4) is 0 Å². The Kier molecular flexibility index (Phi) is 8.49. The molecule has 1 saturated carbocycles. The van der Waals surface area contributed by atoms with Gasteiger partial charge in [0, 0.05) is 28.9 Å². The van der Waals surface area contributed by atoms with Crippen molar-refractivity contribution < 1.29 is 19.1 Å². The number of methoxy groups -OCH3 is 2. The molecule has 0 radical (unpaired) electrons. The number of hydrogen-bond donors (Lipinski definition) is 1. The molecular weight excluding hydrogens is 530 g/mol. The highest BCUT2D eigenvalue weighted by Gasteiger charge is 2.30. The van der Waals surface area contributed by atoms with Gasteiger partial charge in [0.15, 0.2) is 0 Å². The number of aromatic nitrogens is 1. The summed E-state index contributed by atoms with van der Waals surface area (Å²) in [6.07, 6.45) is 5.86. The smallest absolute Gasteiger partial charge is 0.348 e. The quantitative estimate of drug-likeness (QED) is 0.316. The van der Waals surface area contributed by atoms with Crippen molar-refractivity contribution in [3.63, 3.8) is 0 Å². The topological polar surface area (TPSA) is 80.8 Å². The van der Waals surface area contributed by atoms with Crippen molar-refractivity contribution >= 4 is 45.8 Å². The van der Waals surface area contributed by atoms with Gasteiger partial charge in [-0.1, -0.05) is 25.8 Å². The summed E-state index contributed by atoms with van der Waals surface area (Å²) in [6.45, 7) is 4.26. The van der Waals surface area contributed by atoms with Crippen LogP contribution in [-0.4, -0.2) is 56.1 Å². The van der Waals surface area contributed by atoms with E-state index in [1.165, 1.54) is 66.6 Å². The van der Waals surface area contributed by atoms with Gasteiger partial charge < -0.3 is 19.7 Å². The van der Waals surface area contributed by atoms with Crippen LogP contribution in [0.25, 0.3) is 16.0 Å². The molecule has 5 rings (SSSR count). The lowest BCUT2D eigenvalue weighted by Crippen LogP contribution is -2.31. The van der Waals surface area contributed by atoms with Gasteiger partial charge in [0.05, 0.1) is 25.4 Å². The minimum atomic E-state index is -0.302. The molecular formula is C30H35N3O4S2. The maximum absolute atomic E-state index is 13.0. The van der Waals surface area contributed by atoms with E-state index in [2.05, 4.69) is 35.2 Å². The highest BCUT2D eigenvalue weighted by Crippen LogP contribution is 2.44. The first-order valence-electron chi connectivity index (χ1n) is 13.4. The van der Waals surface area contributed by atoms with Crippen LogP contribution in [0.4, 0.5) is 5.69 Å². The Morgan fingerprint density at radius 2 is 1.92 bits per heavy atom. The average molecular weight is 566 g/mol. The number of carbonyl (C=O) groups excluding carboxylic acids is 2. The lowest BCUT2D eigenvalue weighted by molar-refractivity contribution is 0.0605. The maximum Gasteiger partial charge on any atom is 0.348 e. The molecule has 7 nitrogen and oxygen atoms in total. The third kappa shape index (κ3) is 5.95. The van der Waals surface area contributed by atoms with Crippen molar-refractivity contribution in [2.75, 3.05) is 39.7 Å². The van der Waals surface area contributed by atoms with E-state index in [4.69, 9.17) is 9.47 Å². The van der Waals surface area contributed by atoms with Gasteiger partial charge >= 0.3 is 5.97 Å². The van der Waals surface area contributed by atoms with Crippen LogP contribution in [0.5, 0.6) is 5.75 Å². The number of nitrogens with zero attached hydrogens (tertiary/aromatic N) is 2. The molecule has 1 aliphatic carbocycles. The van der Waals surface area contributed by atoms with Crippen LogP contribution < -0.4 is 10.1 Å². The Labute approximate surface area is 237 Å². The predicted molar refractivity (Wildman–Crippen MR) is 158 cm³/mol. The summed E-state index contributed by atoms with van der Waals surface area (Å²) in [4.78, 5) is 33.6. The van der Waals surface area contributed by atoms with Crippen molar-refractivity contribution in [3.8, 4) is 16.2 Å². The summed E-state index contributed by atoms with van der Waals surface area (Å²) in [7, 11) is 5.21. The van der Waals surface area contributed by atoms with E-state index < -0.39 is 0 Å². The molecule has 1 amide bonds. The number of hydrogen-bond acceptors (Lipinski definition) is 8. The maximum atomic E-state index is 13.0. The SMILES string of the molecule is COC(=O)c1sc(-c2ccc(NC(=O)c3cscn3)c(OC)c2)cc1C1=C(C2CCC(C)CC2)CN(C)CC1. The monoisotopic (exact) mass is 565 g/mol. The van der Waals surface area contributed by atoms with Gasteiger partial charge in [0.2, 0.25) is 0 Å². The molecule has 3 heterocycles. The van der Waals surface area contributed by atoms with Gasteiger partial charge in [0.25, 0.3) is 5.91 Å². The number of likely N-dealkylation sites (N-methyl/N-ethyl adjacent to an activating group) is 1. The fourth-order valence-corrected chi connectivity index (χ4v) is 7.31. The normalized spacial score (nSPS) is 20.1. The van der Waals surface area contributed by atoms with Gasteiger partial charge in [-0.25, -0.2) is 9.78 Å². The molecule has 3 aromatic rings. The molecule has 1 aromatic carbocycles. The summed E-state index contributed by atoms with van der Waals surface area (Å²) in [6, 6.07) is 7.83. The number of nitrogens with one attached hydrogen (secondary N) is 1. The molecule has 2 aromatic heterocycles. The summed E-state index contributed by atoms with van der Waals surface area (Å²) in [5.74, 6) is 1.31. The van der Waals surface area contributed by atoms with Crippen molar-refractivity contribution in [2.24, 2.45) is 11.8 Å². The van der Waals surface area contributed by atoms with Crippen LogP contribution in [0.2, 0.25) is 0 Å². The standard InChI is InChI=1S/C30H35N3O4S2/c1-18-5-7-19(8-6-18)23-15-33(2)12-11-21(23)22-14-27(39-28(22)30(35)37-4)20-9-10-24(26(13-20)36-3)32-29(34)25-16-38-17-31-25/h9-10,13-14,16-19H,5-8,11-12,15H2,1-4H3,(H,32,34). The minimum Gasteiger partial charge on any atom is -0.495 e. The summed E-state index contributed by atoms with van der Waals surface area (Å²) < 4.78 is 10.9. The van der Waals surface area contributed by atoms with Crippen molar-refractivity contribution in [3.05, 3.63) is 56.9 Å². The largest absolute Gasteiger partial charge is 0.495 e. The molecule has 1 fully saturated rings. The molecule has 2 aliphatic rings. The molecule has 39 heavy (non-hydrogen) atoms. The Morgan fingerprint density at radius 1 is 1.13 bits per heavy atom. The fourth-order valence-electron chi connectivity index (χ4n) is 5.68. The average Bonchev–Trinajstić information content (AvgIpc) is 3.64. The Morgan fingerprint density at radius 3 is 2.62 bits per heavy atom. The van der Waals surface area contributed by atoms with Crippen LogP contribution in [0, 0.1) is 11.8 Å². The number of benzene rings is 1. The first-order valence-corrected chi connectivity index (χ1v) is 15.1. The second kappa shape index (κ2) is 12.0. The molecule has 1 N–H and O–H groups in total. The van der Waals surface area contributed by atoms with E-state index in [1.54, 1.807) is 18.0 Å². The lowest BCUT2D eigenvalue weighted by atomic mass is 9.75. The molecule has 0 unspecified atom stereocenters. The molecule has 0 saturated heterocycles. The molecule has 0 atom stereocenters. The molecule has 0 spiro atoms. The third-order valence-electron chi connectivity index (χ3n) is 7.91. The zero-order valence-corrected chi connectivity index (χ0v) is 24.5. The molecule has 0 bridgehead atoms.